The third-order valence-corrected chi connectivity index (χ3v) is 4.37. The smallest absolute Gasteiger partial charge is 0.124 e. The average molecular weight is 260 g/mol. The van der Waals surface area contributed by atoms with E-state index in [1.54, 1.807) is 6.07 Å². The summed E-state index contributed by atoms with van der Waals surface area (Å²) in [5, 5.41) is 0. The summed E-state index contributed by atoms with van der Waals surface area (Å²) in [6.45, 7) is 8.49. The molecule has 0 bridgehead atoms. The molecule has 3 nitrogen and oxygen atoms in total. The van der Waals surface area contributed by atoms with Crippen molar-refractivity contribution < 1.29 is 13.0 Å². The van der Waals surface area contributed by atoms with Crippen LogP contribution >= 0.6 is 7.26 Å². The van der Waals surface area contributed by atoms with E-state index in [4.69, 9.17) is 0 Å². The predicted molar refractivity (Wildman–Crippen MR) is 67.5 cm³/mol. The number of hydrogen-bond donors (Lipinski definition) is 0. The molecule has 0 N–H and O–H groups in total. The normalized spacial score (nSPS) is 12.8. The Morgan fingerprint density at radius 3 is 2.25 bits per heavy atom. The van der Waals surface area contributed by atoms with Crippen molar-refractivity contribution in [3.8, 4) is 0 Å². The Kier molecular flexibility index (Phi) is 3.78. The molecular formula is C11H17O3PS. The van der Waals surface area contributed by atoms with Crippen molar-refractivity contribution in [1.29, 1.82) is 0 Å². The maximum atomic E-state index is 10.9. The Labute approximate surface area is 98.0 Å². The topological polar surface area (TPSA) is 57.2 Å². The first kappa shape index (κ1) is 13.6. The Balaban J connectivity index is 3.20. The zero-order valence-electron chi connectivity index (χ0n) is 10.0. The lowest BCUT2D eigenvalue weighted by Crippen LogP contribution is -2.02. The Morgan fingerprint density at radius 1 is 1.25 bits per heavy atom. The highest BCUT2D eigenvalue weighted by Crippen LogP contribution is 2.50. The highest BCUT2D eigenvalue weighted by atomic mass is 32.2. The van der Waals surface area contributed by atoms with Crippen molar-refractivity contribution in [2.45, 2.75) is 18.0 Å². The summed E-state index contributed by atoms with van der Waals surface area (Å²) in [6.07, 6.45) is 0.863. The molecule has 16 heavy (non-hydrogen) atoms. The molecule has 0 amide bonds. The van der Waals surface area contributed by atoms with Crippen molar-refractivity contribution in [1.82, 2.24) is 0 Å². The van der Waals surface area contributed by atoms with Crippen LogP contribution in [0.5, 0.6) is 0 Å². The van der Waals surface area contributed by atoms with Crippen LogP contribution in [-0.2, 0) is 16.3 Å². The van der Waals surface area contributed by atoms with Gasteiger partial charge in [0.1, 0.15) is 10.1 Å². The van der Waals surface area contributed by atoms with Gasteiger partial charge in [0.15, 0.2) is 0 Å². The minimum atomic E-state index is -4.34. The SMILES string of the molecule is Cc1ccc(S(=O)(=O)[O-])cc1C[P+](C)(C)C. The molecule has 90 valence electrons. The summed E-state index contributed by atoms with van der Waals surface area (Å²) in [5.41, 5.74) is 2.01. The van der Waals surface area contributed by atoms with Crippen molar-refractivity contribution >= 4 is 17.4 Å². The van der Waals surface area contributed by atoms with Crippen LogP contribution in [0.1, 0.15) is 11.1 Å². The summed E-state index contributed by atoms with van der Waals surface area (Å²) in [5.74, 6) is 0. The quantitative estimate of drug-likeness (QED) is 0.619. The first-order chi connectivity index (χ1) is 7.09. The van der Waals surface area contributed by atoms with Gasteiger partial charge in [0, 0.05) is 27.3 Å². The zero-order valence-corrected chi connectivity index (χ0v) is 11.7. The molecular weight excluding hydrogens is 243 g/mol. The fourth-order valence-electron chi connectivity index (χ4n) is 1.48. The minimum absolute atomic E-state index is 0.124. The fourth-order valence-corrected chi connectivity index (χ4v) is 3.37. The van der Waals surface area contributed by atoms with E-state index in [2.05, 4.69) is 20.0 Å². The van der Waals surface area contributed by atoms with Gasteiger partial charge in [-0.25, -0.2) is 8.42 Å². The van der Waals surface area contributed by atoms with Crippen LogP contribution < -0.4 is 0 Å². The summed E-state index contributed by atoms with van der Waals surface area (Å²) in [4.78, 5) is -0.124. The van der Waals surface area contributed by atoms with E-state index in [1.165, 1.54) is 12.1 Å². The van der Waals surface area contributed by atoms with Crippen LogP contribution in [0.4, 0.5) is 0 Å². The van der Waals surface area contributed by atoms with E-state index in [0.29, 0.717) is 0 Å². The monoisotopic (exact) mass is 260 g/mol. The minimum Gasteiger partial charge on any atom is -0.744 e. The van der Waals surface area contributed by atoms with Crippen LogP contribution in [0.15, 0.2) is 23.1 Å². The van der Waals surface area contributed by atoms with Gasteiger partial charge in [-0.15, -0.1) is 0 Å². The van der Waals surface area contributed by atoms with E-state index < -0.39 is 17.4 Å². The molecule has 1 rings (SSSR count). The summed E-state index contributed by atoms with van der Waals surface area (Å²) >= 11 is 0. The van der Waals surface area contributed by atoms with Crippen LogP contribution in [0.3, 0.4) is 0 Å². The highest BCUT2D eigenvalue weighted by Gasteiger charge is 2.19. The number of rotatable bonds is 3. The molecule has 5 heteroatoms. The van der Waals surface area contributed by atoms with Crippen molar-refractivity contribution in [2.75, 3.05) is 20.0 Å². The molecule has 0 fully saturated rings. The van der Waals surface area contributed by atoms with Crippen molar-refractivity contribution in [3.63, 3.8) is 0 Å². The van der Waals surface area contributed by atoms with Crippen LogP contribution in [0.25, 0.3) is 0 Å². The predicted octanol–water partition coefficient (Wildman–Crippen LogP) is 2.31. The van der Waals surface area contributed by atoms with Gasteiger partial charge >= 0.3 is 0 Å². The van der Waals surface area contributed by atoms with Gasteiger partial charge in [-0.1, -0.05) is 6.07 Å². The van der Waals surface area contributed by atoms with Gasteiger partial charge in [0.2, 0.25) is 0 Å². The Bertz CT molecular complexity index is 486. The highest BCUT2D eigenvalue weighted by molar-refractivity contribution is 7.85. The molecule has 0 aromatic heterocycles. The third kappa shape index (κ3) is 3.85. The van der Waals surface area contributed by atoms with E-state index >= 15 is 0 Å². The molecule has 0 atom stereocenters. The first-order valence-electron chi connectivity index (χ1n) is 4.95. The number of aryl methyl sites for hydroxylation is 1. The molecule has 0 aliphatic carbocycles. The molecule has 0 aliphatic heterocycles. The molecule has 0 saturated carbocycles. The van der Waals surface area contributed by atoms with Gasteiger partial charge < -0.3 is 4.55 Å². The van der Waals surface area contributed by atoms with Crippen molar-refractivity contribution in [3.05, 3.63) is 29.3 Å². The van der Waals surface area contributed by atoms with Gasteiger partial charge in [-0.2, -0.15) is 0 Å². The van der Waals surface area contributed by atoms with Crippen molar-refractivity contribution in [2.24, 2.45) is 0 Å². The molecule has 1 aromatic carbocycles. The summed E-state index contributed by atoms with van der Waals surface area (Å²) in [6, 6.07) is 4.60. The second-order valence-corrected chi connectivity index (χ2v) is 11.3. The van der Waals surface area contributed by atoms with E-state index in [1.807, 2.05) is 6.92 Å². The van der Waals surface area contributed by atoms with E-state index in [0.717, 1.165) is 17.3 Å². The maximum Gasteiger partial charge on any atom is 0.124 e. The molecule has 0 spiro atoms. The van der Waals surface area contributed by atoms with Gasteiger partial charge in [-0.3, -0.25) is 0 Å². The lowest BCUT2D eigenvalue weighted by Gasteiger charge is -2.15. The zero-order chi connectivity index (χ0) is 12.6. The molecule has 0 heterocycles. The second-order valence-electron chi connectivity index (χ2n) is 4.99. The fraction of sp³-hybridized carbons (Fsp3) is 0.455. The number of hydrogen-bond acceptors (Lipinski definition) is 3. The van der Waals surface area contributed by atoms with Crippen LogP contribution in [0.2, 0.25) is 0 Å². The van der Waals surface area contributed by atoms with Gasteiger partial charge in [0.05, 0.1) is 11.1 Å². The third-order valence-electron chi connectivity index (χ3n) is 2.25. The van der Waals surface area contributed by atoms with Crippen LogP contribution in [-0.4, -0.2) is 33.0 Å². The lowest BCUT2D eigenvalue weighted by molar-refractivity contribution is 0.463. The lowest BCUT2D eigenvalue weighted by atomic mass is 10.1. The average Bonchev–Trinajstić information content (AvgIpc) is 2.04. The summed E-state index contributed by atoms with van der Waals surface area (Å²) < 4.78 is 32.7. The molecule has 0 unspecified atom stereocenters. The molecule has 1 aromatic rings. The first-order valence-corrected chi connectivity index (χ1v) is 9.68. The molecule has 0 saturated heterocycles. The standard InChI is InChI=1S/C11H17O3PS/c1-9-5-6-11(16(12,13)14)7-10(9)8-15(2,3)4/h5-7H,8H2,1-4H3. The number of benzene rings is 1. The van der Waals surface area contributed by atoms with Gasteiger partial charge in [0.25, 0.3) is 0 Å². The Hall–Kier alpha value is -0.440. The van der Waals surface area contributed by atoms with E-state index in [9.17, 15) is 13.0 Å². The van der Waals surface area contributed by atoms with E-state index in [-0.39, 0.29) is 4.90 Å². The van der Waals surface area contributed by atoms with Gasteiger partial charge in [-0.05, 0) is 30.2 Å². The molecule has 0 aliphatic rings. The summed E-state index contributed by atoms with van der Waals surface area (Å²) in [7, 11) is -5.37. The Morgan fingerprint density at radius 2 is 1.81 bits per heavy atom. The maximum absolute atomic E-state index is 10.9. The molecule has 0 radical (unpaired) electrons. The second kappa shape index (κ2) is 4.44. The largest absolute Gasteiger partial charge is 0.744 e. The van der Waals surface area contributed by atoms with Crippen LogP contribution in [0, 0.1) is 6.92 Å².